The fourth-order valence-electron chi connectivity index (χ4n) is 6.66. The molecule has 0 N–H and O–H groups in total. The molecular weight excluding hydrogens is 542 g/mol. The Labute approximate surface area is 252 Å². The van der Waals surface area contributed by atoms with Crippen LogP contribution in [0.5, 0.6) is 11.8 Å². The van der Waals surface area contributed by atoms with E-state index in [0.29, 0.717) is 50.6 Å². The second-order valence-electron chi connectivity index (χ2n) is 11.7. The molecule has 43 heavy (non-hydrogen) atoms. The van der Waals surface area contributed by atoms with Gasteiger partial charge in [-0.2, -0.15) is 9.97 Å². The first-order valence-corrected chi connectivity index (χ1v) is 15.2. The second-order valence-corrected chi connectivity index (χ2v) is 11.7. The van der Waals surface area contributed by atoms with Crippen molar-refractivity contribution < 1.29 is 19.1 Å². The summed E-state index contributed by atoms with van der Waals surface area (Å²) in [5.74, 6) is 1.10. The molecule has 0 spiro atoms. The van der Waals surface area contributed by atoms with E-state index in [1.54, 1.807) is 0 Å². The number of hydrogen-bond donors (Lipinski definition) is 0. The lowest BCUT2D eigenvalue weighted by molar-refractivity contribution is -0.129. The van der Waals surface area contributed by atoms with Crippen molar-refractivity contribution >= 4 is 28.5 Å². The number of amides is 1. The van der Waals surface area contributed by atoms with E-state index in [9.17, 15) is 9.59 Å². The van der Waals surface area contributed by atoms with E-state index in [1.807, 2.05) is 35.2 Å². The number of esters is 1. The van der Waals surface area contributed by atoms with E-state index in [4.69, 9.17) is 19.4 Å². The Morgan fingerprint density at radius 1 is 1.02 bits per heavy atom. The Morgan fingerprint density at radius 3 is 2.58 bits per heavy atom. The van der Waals surface area contributed by atoms with Crippen molar-refractivity contribution in [2.24, 2.45) is 0 Å². The maximum absolute atomic E-state index is 12.2. The summed E-state index contributed by atoms with van der Waals surface area (Å²) in [6.07, 6.45) is 7.29. The summed E-state index contributed by atoms with van der Waals surface area (Å²) >= 11 is 0. The van der Waals surface area contributed by atoms with Crippen molar-refractivity contribution in [2.45, 2.75) is 44.1 Å². The molecule has 1 amide bonds. The number of piperazine rings is 1. The van der Waals surface area contributed by atoms with E-state index in [2.05, 4.69) is 36.1 Å². The number of likely N-dealkylation sites (tertiary alicyclic amines) is 1. The lowest BCUT2D eigenvalue weighted by Gasteiger charge is -2.37. The Bertz CT molecular complexity index is 1550. The van der Waals surface area contributed by atoms with Crippen molar-refractivity contribution in [3.8, 4) is 11.8 Å². The Hall–Kier alpha value is -4.24. The van der Waals surface area contributed by atoms with Gasteiger partial charge >= 0.3 is 12.0 Å². The van der Waals surface area contributed by atoms with Crippen LogP contribution in [0.1, 0.15) is 42.0 Å². The Kier molecular flexibility index (Phi) is 8.42. The van der Waals surface area contributed by atoms with E-state index < -0.39 is 5.97 Å². The molecule has 2 aromatic carbocycles. The molecule has 1 aromatic heterocycles. The zero-order valence-electron chi connectivity index (χ0n) is 24.8. The van der Waals surface area contributed by atoms with Crippen LogP contribution >= 0.6 is 0 Å². The van der Waals surface area contributed by atoms with Crippen LogP contribution in [0.15, 0.2) is 61.7 Å². The number of carbonyl (C=O) groups excluding carboxylic acids is 2. The first-order valence-electron chi connectivity index (χ1n) is 15.2. The number of anilines is 1. The number of carbonyl (C=O) groups is 2. The summed E-state index contributed by atoms with van der Waals surface area (Å²) in [5.41, 5.74) is 3.30. The summed E-state index contributed by atoms with van der Waals surface area (Å²) in [4.78, 5) is 40.7. The van der Waals surface area contributed by atoms with Gasteiger partial charge in [-0.25, -0.2) is 4.79 Å². The molecule has 2 atom stereocenters. The van der Waals surface area contributed by atoms with Crippen LogP contribution in [0.3, 0.4) is 0 Å². The summed E-state index contributed by atoms with van der Waals surface area (Å²) in [6, 6.07) is 12.9. The third kappa shape index (κ3) is 6.13. The molecule has 9 nitrogen and oxygen atoms in total. The lowest BCUT2D eigenvalue weighted by atomic mass is 9.80. The van der Waals surface area contributed by atoms with Gasteiger partial charge < -0.3 is 24.2 Å². The molecule has 3 aliphatic rings. The predicted molar refractivity (Wildman–Crippen MR) is 167 cm³/mol. The molecule has 0 saturated carbocycles. The molecule has 1 aliphatic carbocycles. The van der Waals surface area contributed by atoms with Gasteiger partial charge in [0.2, 0.25) is 5.91 Å². The van der Waals surface area contributed by atoms with E-state index in [1.165, 1.54) is 18.6 Å². The molecule has 0 radical (unpaired) electrons. The van der Waals surface area contributed by atoms with Gasteiger partial charge in [0.15, 0.2) is 0 Å². The number of fused-ring (bicyclic) bond motifs is 2. The quantitative estimate of drug-likeness (QED) is 0.221. The smallest absolute Gasteiger partial charge is 0.335 e. The highest BCUT2D eigenvalue weighted by Crippen LogP contribution is 2.40. The fourth-order valence-corrected chi connectivity index (χ4v) is 6.66. The standard InChI is InChI=1S/C34H39N5O4/c1-4-31(40)38-15-17-39(18-16-38)33-28-13-12-24(20-30(28)35-34(36-33)42-22-25-10-8-14-37(25)3)29-21-26(43-32(41)5-2)19-23-9-6-7-11-27(23)29/h4-7,9,11,19,21,24-25H,1-2,8,10,12-18,20,22H2,3H3/t24?,25-/m0/s1. The summed E-state index contributed by atoms with van der Waals surface area (Å²) in [7, 11) is 2.14. The van der Waals surface area contributed by atoms with Crippen molar-refractivity contribution in [3.63, 3.8) is 0 Å². The molecular formula is C34H39N5O4. The summed E-state index contributed by atoms with van der Waals surface area (Å²) < 4.78 is 11.9. The largest absolute Gasteiger partial charge is 0.462 e. The summed E-state index contributed by atoms with van der Waals surface area (Å²) in [6.45, 7) is 11.4. The van der Waals surface area contributed by atoms with Gasteiger partial charge in [-0.15, -0.1) is 0 Å². The van der Waals surface area contributed by atoms with E-state index >= 15 is 0 Å². The molecule has 3 heterocycles. The molecule has 2 aliphatic heterocycles. The second kappa shape index (κ2) is 12.6. The first-order chi connectivity index (χ1) is 20.9. The SMILES string of the molecule is C=CC(=O)Oc1cc(C2CCc3c(nc(OC[C@@H]4CCCN4C)nc3N3CCN(C(=O)C=C)CC3)C2)c2ccccc2c1. The van der Waals surface area contributed by atoms with Gasteiger partial charge in [-0.05, 0) is 86.2 Å². The normalized spacial score (nSPS) is 20.5. The highest BCUT2D eigenvalue weighted by molar-refractivity contribution is 5.90. The average Bonchev–Trinajstić information content (AvgIpc) is 3.46. The molecule has 1 unspecified atom stereocenters. The van der Waals surface area contributed by atoms with Gasteiger partial charge in [-0.1, -0.05) is 37.4 Å². The van der Waals surface area contributed by atoms with Crippen LogP contribution in [0.25, 0.3) is 10.8 Å². The number of aromatic nitrogens is 2. The molecule has 2 saturated heterocycles. The van der Waals surface area contributed by atoms with Gasteiger partial charge in [0.1, 0.15) is 18.2 Å². The van der Waals surface area contributed by atoms with Crippen LogP contribution in [0.4, 0.5) is 5.82 Å². The van der Waals surface area contributed by atoms with Crippen molar-refractivity contribution in [1.29, 1.82) is 0 Å². The first kappa shape index (κ1) is 28.9. The zero-order chi connectivity index (χ0) is 29.9. The number of likely N-dealkylation sites (N-methyl/N-ethyl adjacent to an activating group) is 1. The molecule has 224 valence electrons. The minimum atomic E-state index is -0.475. The third-order valence-corrected chi connectivity index (χ3v) is 9.07. The van der Waals surface area contributed by atoms with Gasteiger partial charge in [0.25, 0.3) is 0 Å². The number of hydrogen-bond acceptors (Lipinski definition) is 8. The Morgan fingerprint density at radius 2 is 1.84 bits per heavy atom. The monoisotopic (exact) mass is 581 g/mol. The molecule has 0 bridgehead atoms. The highest BCUT2D eigenvalue weighted by atomic mass is 16.5. The van der Waals surface area contributed by atoms with Crippen LogP contribution < -0.4 is 14.4 Å². The molecule has 2 fully saturated rings. The average molecular weight is 582 g/mol. The number of benzene rings is 2. The number of rotatable bonds is 8. The minimum absolute atomic E-state index is 0.0369. The molecule has 3 aromatic rings. The number of nitrogens with zero attached hydrogens (tertiary/aromatic N) is 5. The van der Waals surface area contributed by atoms with Crippen LogP contribution in [0.2, 0.25) is 0 Å². The summed E-state index contributed by atoms with van der Waals surface area (Å²) in [5, 5.41) is 2.17. The van der Waals surface area contributed by atoms with E-state index in [0.717, 1.165) is 65.6 Å². The van der Waals surface area contributed by atoms with E-state index in [-0.39, 0.29) is 11.8 Å². The van der Waals surface area contributed by atoms with Crippen LogP contribution in [-0.4, -0.2) is 84.1 Å². The third-order valence-electron chi connectivity index (χ3n) is 9.07. The van der Waals surface area contributed by atoms with Crippen LogP contribution in [-0.2, 0) is 22.4 Å². The van der Waals surface area contributed by atoms with Crippen molar-refractivity contribution in [2.75, 3.05) is 51.3 Å². The van der Waals surface area contributed by atoms with Crippen LogP contribution in [0, 0.1) is 0 Å². The number of ether oxygens (including phenoxy) is 2. The maximum Gasteiger partial charge on any atom is 0.335 e. The van der Waals surface area contributed by atoms with Crippen molar-refractivity contribution in [1.82, 2.24) is 19.8 Å². The topological polar surface area (TPSA) is 88.1 Å². The predicted octanol–water partition coefficient (Wildman–Crippen LogP) is 4.30. The lowest BCUT2D eigenvalue weighted by Crippen LogP contribution is -2.49. The van der Waals surface area contributed by atoms with Gasteiger partial charge in [0, 0.05) is 43.9 Å². The van der Waals surface area contributed by atoms with Crippen molar-refractivity contribution in [3.05, 3.63) is 78.5 Å². The minimum Gasteiger partial charge on any atom is -0.462 e. The zero-order valence-corrected chi connectivity index (χ0v) is 24.8. The van der Waals surface area contributed by atoms with Gasteiger partial charge in [-0.3, -0.25) is 4.79 Å². The molecule has 6 rings (SSSR count). The fraction of sp³-hybridized carbons (Fsp3) is 0.412. The maximum atomic E-state index is 12.2. The molecule has 9 heteroatoms. The highest BCUT2D eigenvalue weighted by Gasteiger charge is 2.31. The van der Waals surface area contributed by atoms with Gasteiger partial charge in [0.05, 0.1) is 5.69 Å². The Balaban J connectivity index is 1.32.